The number of fused-ring (bicyclic) bond motifs is 4. The van der Waals surface area contributed by atoms with E-state index in [0.717, 1.165) is 24.3 Å². The summed E-state index contributed by atoms with van der Waals surface area (Å²) in [6.07, 6.45) is 5.96. The van der Waals surface area contributed by atoms with Crippen molar-refractivity contribution in [3.63, 3.8) is 0 Å². The lowest BCUT2D eigenvalue weighted by Crippen LogP contribution is -2.58. The van der Waals surface area contributed by atoms with Gasteiger partial charge in [-0.2, -0.15) is 0 Å². The zero-order valence-electron chi connectivity index (χ0n) is 21.7. The second-order valence-electron chi connectivity index (χ2n) is 11.6. The molecule has 36 heavy (non-hydrogen) atoms. The Labute approximate surface area is 215 Å². The zero-order valence-corrected chi connectivity index (χ0v) is 21.7. The van der Waals surface area contributed by atoms with Gasteiger partial charge in [-0.1, -0.05) is 74.5 Å². The van der Waals surface area contributed by atoms with Crippen LogP contribution in [0.15, 0.2) is 72.8 Å². The molecule has 2 fully saturated rings. The Bertz CT molecular complexity index is 1250. The molecule has 1 N–H and O–H groups in total. The Morgan fingerprint density at radius 3 is 2.61 bits per heavy atom. The van der Waals surface area contributed by atoms with Crippen molar-refractivity contribution < 1.29 is 4.79 Å². The molecule has 3 atom stereocenters. The van der Waals surface area contributed by atoms with E-state index >= 15 is 0 Å². The molecule has 6 rings (SSSR count). The van der Waals surface area contributed by atoms with Crippen molar-refractivity contribution in [2.24, 2.45) is 11.8 Å². The highest BCUT2D eigenvalue weighted by Gasteiger charge is 2.49. The van der Waals surface area contributed by atoms with E-state index in [1.54, 1.807) is 0 Å². The molecule has 1 saturated carbocycles. The van der Waals surface area contributed by atoms with Crippen LogP contribution in [0.4, 0.5) is 0 Å². The number of nitrogens with one attached hydrogen (secondary N) is 1. The predicted molar refractivity (Wildman–Crippen MR) is 147 cm³/mol. The van der Waals surface area contributed by atoms with E-state index in [-0.39, 0.29) is 11.3 Å². The van der Waals surface area contributed by atoms with Crippen LogP contribution in [0.25, 0.3) is 11.1 Å². The summed E-state index contributed by atoms with van der Waals surface area (Å²) >= 11 is 0. The van der Waals surface area contributed by atoms with Gasteiger partial charge >= 0.3 is 0 Å². The molecule has 186 valence electrons. The third-order valence-electron chi connectivity index (χ3n) is 9.36. The highest BCUT2D eigenvalue weighted by Crippen LogP contribution is 2.49. The highest BCUT2D eigenvalue weighted by atomic mass is 16.1. The minimum Gasteiger partial charge on any atom is -0.352 e. The van der Waals surface area contributed by atoms with Gasteiger partial charge in [-0.3, -0.25) is 9.69 Å². The summed E-state index contributed by atoms with van der Waals surface area (Å²) in [6.45, 7) is 8.00. The summed E-state index contributed by atoms with van der Waals surface area (Å²) in [5.74, 6) is 1.60. The zero-order chi connectivity index (χ0) is 24.7. The Morgan fingerprint density at radius 1 is 1.03 bits per heavy atom. The fourth-order valence-corrected chi connectivity index (χ4v) is 6.76. The number of hydrogen-bond acceptors (Lipinski definition) is 2. The monoisotopic (exact) mass is 478 g/mol. The fraction of sp³-hybridized carbons (Fsp3) is 0.424. The number of nitrogens with zero attached hydrogens (tertiary/aromatic N) is 1. The van der Waals surface area contributed by atoms with Gasteiger partial charge in [0.2, 0.25) is 0 Å². The molecule has 3 aromatic carbocycles. The summed E-state index contributed by atoms with van der Waals surface area (Å²) in [4.78, 5) is 16.0. The molecule has 1 aliphatic heterocycles. The predicted octanol–water partition coefficient (Wildman–Crippen LogP) is 6.26. The van der Waals surface area contributed by atoms with E-state index in [1.165, 1.54) is 60.2 Å². The molecule has 3 heteroatoms. The molecule has 1 heterocycles. The van der Waals surface area contributed by atoms with Crippen LogP contribution in [-0.2, 0) is 18.3 Å². The van der Waals surface area contributed by atoms with Crippen molar-refractivity contribution in [1.29, 1.82) is 0 Å². The lowest BCUT2D eigenvalue weighted by atomic mass is 9.59. The van der Waals surface area contributed by atoms with Crippen LogP contribution in [-0.4, -0.2) is 36.5 Å². The summed E-state index contributed by atoms with van der Waals surface area (Å²) in [5.41, 5.74) is 7.55. The van der Waals surface area contributed by atoms with Crippen LogP contribution in [0.2, 0.25) is 0 Å². The van der Waals surface area contributed by atoms with Crippen molar-refractivity contribution in [3.05, 3.63) is 95.1 Å². The van der Waals surface area contributed by atoms with Gasteiger partial charge in [-0.15, -0.1) is 0 Å². The van der Waals surface area contributed by atoms with E-state index < -0.39 is 0 Å². The molecule has 1 unspecified atom stereocenters. The van der Waals surface area contributed by atoms with Gasteiger partial charge in [-0.05, 0) is 95.8 Å². The quantitative estimate of drug-likeness (QED) is 0.435. The molecular weight excluding hydrogens is 440 g/mol. The standard InChI is InChI=1S/C33H38N2O/c1-23-31-21-27-14-15-28(20-30(27)33(23,2)17-19-35(31)22-24-12-13-24)32(36)34-18-16-26-10-6-7-11-29(26)25-8-4-3-5-9-25/h3-11,14-15,20,23-24,31H,12-13,16-19,21-22H2,1-2H3,(H,34,36)/t23?,31-,33-/m1/s1. The first-order valence-electron chi connectivity index (χ1n) is 13.8. The number of amides is 1. The second kappa shape index (κ2) is 9.52. The van der Waals surface area contributed by atoms with E-state index in [2.05, 4.69) is 84.7 Å². The lowest BCUT2D eigenvalue weighted by molar-refractivity contribution is 0.0284. The van der Waals surface area contributed by atoms with Crippen molar-refractivity contribution in [2.75, 3.05) is 19.6 Å². The number of carbonyl (C=O) groups is 1. The smallest absolute Gasteiger partial charge is 0.251 e. The first kappa shape index (κ1) is 23.5. The van der Waals surface area contributed by atoms with E-state index in [1.807, 2.05) is 12.1 Å². The maximum Gasteiger partial charge on any atom is 0.251 e. The van der Waals surface area contributed by atoms with Crippen molar-refractivity contribution in [3.8, 4) is 11.1 Å². The maximum absolute atomic E-state index is 13.2. The van der Waals surface area contributed by atoms with E-state index in [0.29, 0.717) is 18.5 Å². The minimum absolute atomic E-state index is 0.0412. The summed E-state index contributed by atoms with van der Waals surface area (Å²) in [6, 6.07) is 26.1. The number of piperidine rings is 1. The average molecular weight is 479 g/mol. The second-order valence-corrected chi connectivity index (χ2v) is 11.6. The fourth-order valence-electron chi connectivity index (χ4n) is 6.76. The number of rotatable bonds is 7. The molecule has 0 aromatic heterocycles. The van der Waals surface area contributed by atoms with Crippen LogP contribution >= 0.6 is 0 Å². The normalized spacial score (nSPS) is 25.3. The van der Waals surface area contributed by atoms with E-state index in [9.17, 15) is 4.79 Å². The number of benzene rings is 3. The minimum atomic E-state index is 0.0412. The summed E-state index contributed by atoms with van der Waals surface area (Å²) < 4.78 is 0. The lowest BCUT2D eigenvalue weighted by Gasteiger charge is -2.55. The van der Waals surface area contributed by atoms with Crippen LogP contribution in [0.1, 0.15) is 60.2 Å². The molecule has 3 aliphatic rings. The van der Waals surface area contributed by atoms with Gasteiger partial charge in [0, 0.05) is 24.7 Å². The molecule has 1 amide bonds. The van der Waals surface area contributed by atoms with Crippen LogP contribution in [0.5, 0.6) is 0 Å². The molecular formula is C33H38N2O. The van der Waals surface area contributed by atoms with Crippen LogP contribution < -0.4 is 5.32 Å². The number of carbonyl (C=O) groups excluding carboxylic acids is 1. The van der Waals surface area contributed by atoms with Crippen molar-refractivity contribution >= 4 is 5.91 Å². The summed E-state index contributed by atoms with van der Waals surface area (Å²) in [7, 11) is 0. The van der Waals surface area contributed by atoms with Crippen LogP contribution in [0, 0.1) is 11.8 Å². The van der Waals surface area contributed by atoms with Gasteiger partial charge in [0.1, 0.15) is 0 Å². The average Bonchev–Trinajstić information content (AvgIpc) is 3.73. The van der Waals surface area contributed by atoms with Gasteiger partial charge in [0.05, 0.1) is 0 Å². The van der Waals surface area contributed by atoms with Gasteiger partial charge < -0.3 is 5.32 Å². The first-order valence-corrected chi connectivity index (χ1v) is 13.8. The SMILES string of the molecule is CC1[C@H]2Cc3ccc(C(=O)NCCc4ccccc4-c4ccccc4)cc3[C@]1(C)CCN2CC1CC1. The number of likely N-dealkylation sites (tertiary alicyclic amines) is 1. The molecule has 1 saturated heterocycles. The third kappa shape index (κ3) is 4.39. The Balaban J connectivity index is 1.15. The Morgan fingerprint density at radius 2 is 1.81 bits per heavy atom. The topological polar surface area (TPSA) is 32.3 Å². The molecule has 0 spiro atoms. The molecule has 3 nitrogen and oxygen atoms in total. The van der Waals surface area contributed by atoms with Gasteiger partial charge in [-0.25, -0.2) is 0 Å². The van der Waals surface area contributed by atoms with Gasteiger partial charge in [0.15, 0.2) is 0 Å². The van der Waals surface area contributed by atoms with E-state index in [4.69, 9.17) is 0 Å². The summed E-state index contributed by atoms with van der Waals surface area (Å²) in [5, 5.41) is 3.20. The van der Waals surface area contributed by atoms with Crippen molar-refractivity contribution in [1.82, 2.24) is 10.2 Å². The molecule has 2 aliphatic carbocycles. The van der Waals surface area contributed by atoms with Gasteiger partial charge in [0.25, 0.3) is 5.91 Å². The molecule has 0 radical (unpaired) electrons. The van der Waals surface area contributed by atoms with Crippen LogP contribution in [0.3, 0.4) is 0 Å². The Kier molecular flexibility index (Phi) is 6.21. The van der Waals surface area contributed by atoms with Crippen molar-refractivity contribution in [2.45, 2.75) is 57.4 Å². The molecule has 3 aromatic rings. The maximum atomic E-state index is 13.2. The Hall–Kier alpha value is -2.91. The largest absolute Gasteiger partial charge is 0.352 e. The third-order valence-corrected chi connectivity index (χ3v) is 9.36. The molecule has 2 bridgehead atoms. The first-order chi connectivity index (χ1) is 17.5. The number of hydrogen-bond donors (Lipinski definition) is 1. The highest BCUT2D eigenvalue weighted by molar-refractivity contribution is 5.94.